The summed E-state index contributed by atoms with van der Waals surface area (Å²) in [6, 6.07) is -0.963. The zero-order chi connectivity index (χ0) is 8.85. The van der Waals surface area contributed by atoms with Crippen molar-refractivity contribution in [3.63, 3.8) is 0 Å². The summed E-state index contributed by atoms with van der Waals surface area (Å²) in [4.78, 5) is 10.8. The molecule has 0 aromatic rings. The second-order valence-electron chi connectivity index (χ2n) is 2.19. The molecule has 0 aromatic carbocycles. The molecule has 0 rings (SSSR count). The fraction of sp³-hybridized carbons (Fsp3) is 0.571. The van der Waals surface area contributed by atoms with E-state index >= 15 is 0 Å². The minimum absolute atomic E-state index is 0.124. The molecule has 0 unspecified atom stereocenters. The van der Waals surface area contributed by atoms with Crippen LogP contribution >= 0.6 is 0 Å². The third-order valence-electron chi connectivity index (χ3n) is 1.14. The molecule has 0 bridgehead atoms. The second-order valence-corrected chi connectivity index (χ2v) is 2.19. The van der Waals surface area contributed by atoms with E-state index in [1.165, 1.54) is 13.0 Å². The fourth-order valence-corrected chi connectivity index (χ4v) is 0.434. The quantitative estimate of drug-likeness (QED) is 0.425. The minimum atomic E-state index is -0.963. The molecule has 0 saturated carbocycles. The maximum Gasteiger partial charge on any atom is 0.325 e. The molecular weight excluding hydrogens is 146 g/mol. The van der Waals surface area contributed by atoms with Gasteiger partial charge in [-0.1, -0.05) is 12.7 Å². The van der Waals surface area contributed by atoms with Crippen molar-refractivity contribution in [3.05, 3.63) is 12.7 Å². The average molecular weight is 159 g/mol. The Kier molecular flexibility index (Phi) is 4.49. The van der Waals surface area contributed by atoms with Gasteiger partial charge in [0.05, 0.1) is 6.10 Å². The minimum Gasteiger partial charge on any atom is -0.460 e. The van der Waals surface area contributed by atoms with Gasteiger partial charge >= 0.3 is 5.97 Å². The smallest absolute Gasteiger partial charge is 0.325 e. The standard InChI is InChI=1S/C7H13NO3/c1-3-4-11-7(10)6(8)5(2)9/h3,5-6,9H,1,4,8H2,2H3/t5-,6+/m0/s1. The molecule has 0 aliphatic heterocycles. The highest BCUT2D eigenvalue weighted by Gasteiger charge is 2.19. The van der Waals surface area contributed by atoms with Crippen LogP contribution in [0.1, 0.15) is 6.92 Å². The predicted octanol–water partition coefficient (Wildman–Crippen LogP) is -0.576. The number of aliphatic hydroxyl groups excluding tert-OH is 1. The maximum atomic E-state index is 10.8. The molecule has 2 atom stereocenters. The van der Waals surface area contributed by atoms with Crippen LogP contribution in [0, 0.1) is 0 Å². The van der Waals surface area contributed by atoms with Crippen molar-refractivity contribution in [2.75, 3.05) is 6.61 Å². The molecule has 0 aliphatic rings. The molecule has 3 N–H and O–H groups in total. The van der Waals surface area contributed by atoms with Crippen molar-refractivity contribution in [3.8, 4) is 0 Å². The number of ether oxygens (including phenoxy) is 1. The van der Waals surface area contributed by atoms with Crippen molar-refractivity contribution >= 4 is 5.97 Å². The van der Waals surface area contributed by atoms with Crippen molar-refractivity contribution in [1.82, 2.24) is 0 Å². The molecule has 64 valence electrons. The number of hydrogen-bond donors (Lipinski definition) is 2. The van der Waals surface area contributed by atoms with Crippen LogP contribution in [0.3, 0.4) is 0 Å². The number of carbonyl (C=O) groups is 1. The SMILES string of the molecule is C=CCOC(=O)[C@H](N)[C@H](C)O. The molecule has 0 amide bonds. The van der Waals surface area contributed by atoms with Gasteiger partial charge in [-0.15, -0.1) is 0 Å². The average Bonchev–Trinajstić information content (AvgIpc) is 1.98. The first-order valence-corrected chi connectivity index (χ1v) is 3.30. The lowest BCUT2D eigenvalue weighted by Crippen LogP contribution is -2.41. The van der Waals surface area contributed by atoms with E-state index in [0.29, 0.717) is 0 Å². The van der Waals surface area contributed by atoms with Gasteiger partial charge in [0.1, 0.15) is 12.6 Å². The van der Waals surface area contributed by atoms with Gasteiger partial charge in [-0.3, -0.25) is 4.79 Å². The van der Waals surface area contributed by atoms with Gasteiger partial charge in [0.2, 0.25) is 0 Å². The molecule has 0 heterocycles. The Labute approximate surface area is 65.6 Å². The van der Waals surface area contributed by atoms with Crippen LogP contribution in [-0.2, 0) is 9.53 Å². The van der Waals surface area contributed by atoms with Crippen LogP contribution in [0.25, 0.3) is 0 Å². The topological polar surface area (TPSA) is 72.5 Å². The monoisotopic (exact) mass is 159 g/mol. The van der Waals surface area contributed by atoms with Gasteiger partial charge in [-0.2, -0.15) is 0 Å². The molecule has 0 radical (unpaired) electrons. The fourth-order valence-electron chi connectivity index (χ4n) is 0.434. The van der Waals surface area contributed by atoms with E-state index in [0.717, 1.165) is 0 Å². The zero-order valence-electron chi connectivity index (χ0n) is 6.49. The maximum absolute atomic E-state index is 10.8. The van der Waals surface area contributed by atoms with Gasteiger partial charge in [-0.05, 0) is 6.92 Å². The Bertz CT molecular complexity index is 145. The van der Waals surface area contributed by atoms with Crippen LogP contribution in [0.5, 0.6) is 0 Å². The summed E-state index contributed by atoms with van der Waals surface area (Å²) < 4.78 is 4.57. The number of aliphatic hydroxyl groups is 1. The Morgan fingerprint density at radius 2 is 2.45 bits per heavy atom. The number of hydrogen-bond acceptors (Lipinski definition) is 4. The van der Waals surface area contributed by atoms with Crippen LogP contribution in [-0.4, -0.2) is 29.8 Å². The first-order valence-electron chi connectivity index (χ1n) is 3.30. The highest BCUT2D eigenvalue weighted by molar-refractivity contribution is 5.76. The highest BCUT2D eigenvalue weighted by Crippen LogP contribution is 1.92. The van der Waals surface area contributed by atoms with Gasteiger partial charge in [0, 0.05) is 0 Å². The molecule has 0 fully saturated rings. The second kappa shape index (κ2) is 4.87. The van der Waals surface area contributed by atoms with Gasteiger partial charge in [0.15, 0.2) is 0 Å². The molecule has 4 heteroatoms. The number of rotatable bonds is 4. The number of esters is 1. The summed E-state index contributed by atoms with van der Waals surface area (Å²) in [7, 11) is 0. The zero-order valence-corrected chi connectivity index (χ0v) is 6.49. The lowest BCUT2D eigenvalue weighted by Gasteiger charge is -2.12. The van der Waals surface area contributed by atoms with Crippen molar-refractivity contribution in [2.24, 2.45) is 5.73 Å². The summed E-state index contributed by atoms with van der Waals surface area (Å²) in [6.07, 6.45) is 0.555. The molecule has 4 nitrogen and oxygen atoms in total. The van der Waals surface area contributed by atoms with E-state index in [4.69, 9.17) is 10.8 Å². The van der Waals surface area contributed by atoms with Crippen molar-refractivity contribution in [1.29, 1.82) is 0 Å². The summed E-state index contributed by atoms with van der Waals surface area (Å²) in [5.74, 6) is -0.611. The van der Waals surface area contributed by atoms with E-state index in [1.807, 2.05) is 0 Å². The largest absolute Gasteiger partial charge is 0.460 e. The van der Waals surface area contributed by atoms with Gasteiger partial charge in [0.25, 0.3) is 0 Å². The molecule has 11 heavy (non-hydrogen) atoms. The molecule has 0 saturated heterocycles. The molecule has 0 aliphatic carbocycles. The predicted molar refractivity (Wildman–Crippen MR) is 40.8 cm³/mol. The highest BCUT2D eigenvalue weighted by atomic mass is 16.5. The van der Waals surface area contributed by atoms with Crippen molar-refractivity contribution < 1.29 is 14.6 Å². The first-order chi connectivity index (χ1) is 5.09. The molecular formula is C7H13NO3. The van der Waals surface area contributed by atoms with Crippen LogP contribution in [0.15, 0.2) is 12.7 Å². The molecule has 0 spiro atoms. The summed E-state index contributed by atoms with van der Waals surface area (Å²) >= 11 is 0. The third kappa shape index (κ3) is 3.75. The molecule has 0 aromatic heterocycles. The lowest BCUT2D eigenvalue weighted by molar-refractivity contribution is -0.146. The first kappa shape index (κ1) is 10.1. The lowest BCUT2D eigenvalue weighted by atomic mass is 10.2. The van der Waals surface area contributed by atoms with Gasteiger partial charge in [-0.25, -0.2) is 0 Å². The normalized spacial score (nSPS) is 15.2. The summed E-state index contributed by atoms with van der Waals surface area (Å²) in [6.45, 7) is 4.91. The van der Waals surface area contributed by atoms with Crippen LogP contribution < -0.4 is 5.73 Å². The van der Waals surface area contributed by atoms with E-state index in [-0.39, 0.29) is 6.61 Å². The van der Waals surface area contributed by atoms with Crippen LogP contribution in [0.4, 0.5) is 0 Å². The third-order valence-corrected chi connectivity index (χ3v) is 1.14. The van der Waals surface area contributed by atoms with Crippen LogP contribution in [0.2, 0.25) is 0 Å². The number of carbonyl (C=O) groups excluding carboxylic acids is 1. The number of nitrogens with two attached hydrogens (primary N) is 1. The Morgan fingerprint density at radius 1 is 1.91 bits per heavy atom. The summed E-state index contributed by atoms with van der Waals surface area (Å²) in [5.41, 5.74) is 5.24. The Balaban J connectivity index is 3.73. The summed E-state index contributed by atoms with van der Waals surface area (Å²) in [5, 5.41) is 8.84. The van der Waals surface area contributed by atoms with E-state index in [2.05, 4.69) is 11.3 Å². The Morgan fingerprint density at radius 3 is 2.82 bits per heavy atom. The van der Waals surface area contributed by atoms with E-state index in [9.17, 15) is 4.79 Å². The van der Waals surface area contributed by atoms with Crippen molar-refractivity contribution in [2.45, 2.75) is 19.1 Å². The van der Waals surface area contributed by atoms with Gasteiger partial charge < -0.3 is 15.6 Å². The Hall–Kier alpha value is -0.870. The van der Waals surface area contributed by atoms with E-state index in [1.54, 1.807) is 0 Å². The van der Waals surface area contributed by atoms with E-state index < -0.39 is 18.1 Å².